The van der Waals surface area contributed by atoms with E-state index in [-0.39, 0.29) is 16.2 Å². The molecule has 1 fully saturated rings. The van der Waals surface area contributed by atoms with Crippen LogP contribution in [0, 0.1) is 12.3 Å². The minimum atomic E-state index is -1.15. The van der Waals surface area contributed by atoms with Gasteiger partial charge in [0, 0.05) is 41.8 Å². The average molecular weight is 517 g/mol. The normalized spacial score (nSPS) is 21.3. The van der Waals surface area contributed by atoms with Crippen molar-refractivity contribution >= 4 is 38.6 Å². The van der Waals surface area contributed by atoms with Crippen LogP contribution in [0.2, 0.25) is 0 Å². The highest BCUT2D eigenvalue weighted by Crippen LogP contribution is 2.52. The summed E-state index contributed by atoms with van der Waals surface area (Å²) in [6.07, 6.45) is 6.58. The molecule has 1 spiro atoms. The van der Waals surface area contributed by atoms with E-state index in [0.29, 0.717) is 0 Å². The number of aromatic nitrogens is 4. The number of hydrogen-bond acceptors (Lipinski definition) is 6. The lowest BCUT2D eigenvalue weighted by Gasteiger charge is -2.44. The molecule has 5 rings (SSSR count). The third-order valence-corrected chi connectivity index (χ3v) is 9.31. The molecule has 2 aliphatic rings. The van der Waals surface area contributed by atoms with Crippen molar-refractivity contribution in [3.05, 3.63) is 52.1 Å². The van der Waals surface area contributed by atoms with Gasteiger partial charge in [0.2, 0.25) is 0 Å². The van der Waals surface area contributed by atoms with Crippen LogP contribution in [0.25, 0.3) is 5.52 Å². The first-order chi connectivity index (χ1) is 15.2. The minimum absolute atomic E-state index is 0.00896. The molecule has 2 atom stereocenters. The number of piperidine rings is 1. The smallest absolute Gasteiger partial charge is 0.155 e. The molecule has 1 saturated heterocycles. The van der Waals surface area contributed by atoms with Gasteiger partial charge in [0.15, 0.2) is 5.82 Å². The molecule has 0 amide bonds. The summed E-state index contributed by atoms with van der Waals surface area (Å²) in [6.45, 7) is 9.84. The fraction of sp³-hybridized carbons (Fsp3) is 0.522. The van der Waals surface area contributed by atoms with E-state index >= 15 is 0 Å². The van der Waals surface area contributed by atoms with E-state index in [1.165, 1.54) is 5.56 Å². The van der Waals surface area contributed by atoms with Crippen molar-refractivity contribution in [1.29, 1.82) is 0 Å². The van der Waals surface area contributed by atoms with E-state index in [2.05, 4.69) is 41.7 Å². The van der Waals surface area contributed by atoms with Crippen LogP contribution in [-0.2, 0) is 17.8 Å². The number of pyridine rings is 1. The zero-order chi connectivity index (χ0) is 22.7. The zero-order valence-electron chi connectivity index (χ0n) is 18.9. The lowest BCUT2D eigenvalue weighted by atomic mass is 9.73. The largest absolute Gasteiger partial charge is 0.598 e. The van der Waals surface area contributed by atoms with Crippen molar-refractivity contribution in [2.45, 2.75) is 57.7 Å². The van der Waals surface area contributed by atoms with Crippen LogP contribution in [0.1, 0.15) is 56.6 Å². The maximum atomic E-state index is 13.1. The molecule has 0 radical (unpaired) electrons. The van der Waals surface area contributed by atoms with Crippen LogP contribution in [0.5, 0.6) is 0 Å². The number of rotatable bonds is 3. The van der Waals surface area contributed by atoms with Gasteiger partial charge < -0.3 is 9.45 Å². The second-order valence-corrected chi connectivity index (χ2v) is 12.7. The van der Waals surface area contributed by atoms with Gasteiger partial charge in [-0.25, -0.2) is 9.50 Å². The first-order valence-corrected chi connectivity index (χ1v) is 13.0. The van der Waals surface area contributed by atoms with Gasteiger partial charge in [0.25, 0.3) is 0 Å². The minimum Gasteiger partial charge on any atom is -0.598 e. The molecular formula is C23H29BrN6OS. The highest BCUT2D eigenvalue weighted by atomic mass is 79.9. The summed E-state index contributed by atoms with van der Waals surface area (Å²) in [5, 5.41) is 4.45. The highest BCUT2D eigenvalue weighted by Gasteiger charge is 2.51. The predicted octanol–water partition coefficient (Wildman–Crippen LogP) is 4.13. The van der Waals surface area contributed by atoms with Crippen LogP contribution < -0.4 is 9.62 Å². The fourth-order valence-electron chi connectivity index (χ4n) is 5.01. The van der Waals surface area contributed by atoms with Crippen molar-refractivity contribution in [3.8, 4) is 0 Å². The number of nitrogens with one attached hydrogen (secondary N) is 1. The predicted molar refractivity (Wildman–Crippen MR) is 131 cm³/mol. The molecule has 0 saturated carbocycles. The summed E-state index contributed by atoms with van der Waals surface area (Å²) < 4.78 is 19.1. The Labute approximate surface area is 200 Å². The lowest BCUT2D eigenvalue weighted by molar-refractivity contribution is 0.175. The Hall–Kier alpha value is -1.68. The molecule has 170 valence electrons. The second kappa shape index (κ2) is 7.97. The third kappa shape index (κ3) is 3.63. The molecule has 1 N–H and O–H groups in total. The summed E-state index contributed by atoms with van der Waals surface area (Å²) in [5.74, 6) is 0.981. The zero-order valence-corrected chi connectivity index (χ0v) is 21.3. The third-order valence-electron chi connectivity index (χ3n) is 6.84. The summed E-state index contributed by atoms with van der Waals surface area (Å²) in [5.41, 5.74) is 4.29. The van der Waals surface area contributed by atoms with Crippen molar-refractivity contribution in [2.75, 3.05) is 18.0 Å². The molecule has 0 bridgehead atoms. The van der Waals surface area contributed by atoms with Crippen LogP contribution in [0.4, 0.5) is 5.82 Å². The molecule has 4 heterocycles. The van der Waals surface area contributed by atoms with Crippen molar-refractivity contribution in [1.82, 2.24) is 24.3 Å². The van der Waals surface area contributed by atoms with Gasteiger partial charge >= 0.3 is 0 Å². The topological polar surface area (TPSA) is 81.4 Å². The molecule has 3 aromatic rings. The Kier molecular flexibility index (Phi) is 5.51. The van der Waals surface area contributed by atoms with E-state index < -0.39 is 11.4 Å². The number of aryl methyl sites for hydroxylation is 1. The number of halogens is 1. The standard InChI is InChI=1S/C23H29BrN6OS/c1-15-20(24)30-18(7-11-26-30)21(27-15)29-12-8-23(9-13-29)14-17-16(6-5-10-25-17)19(23)28-32(31)22(2,3)4/h5-7,10-11,19,28H,8-9,12-14H2,1-4H3/t19-,32-/m1/s1. The van der Waals surface area contributed by atoms with Crippen LogP contribution >= 0.6 is 15.9 Å². The average Bonchev–Trinajstić information content (AvgIpc) is 3.35. The van der Waals surface area contributed by atoms with Gasteiger partial charge in [-0.05, 0) is 80.6 Å². The summed E-state index contributed by atoms with van der Waals surface area (Å²) in [4.78, 5) is 11.9. The number of fused-ring (bicyclic) bond motifs is 2. The SMILES string of the molecule is Cc1nc(N2CCC3(CC2)Cc2ncccc2[C@H]3N[S@+]([O-])C(C)(C)C)c2ccnn2c1Br. The summed E-state index contributed by atoms with van der Waals surface area (Å²) in [7, 11) is 0. The molecule has 0 aromatic carbocycles. The van der Waals surface area contributed by atoms with Gasteiger partial charge in [-0.3, -0.25) is 4.98 Å². The van der Waals surface area contributed by atoms with Crippen LogP contribution in [0.15, 0.2) is 35.2 Å². The first kappa shape index (κ1) is 22.1. The number of nitrogens with zero attached hydrogens (tertiary/aromatic N) is 5. The molecule has 32 heavy (non-hydrogen) atoms. The monoisotopic (exact) mass is 516 g/mol. The van der Waals surface area contributed by atoms with E-state index in [0.717, 1.165) is 59.7 Å². The second-order valence-electron chi connectivity index (χ2n) is 9.94. The number of anilines is 1. The van der Waals surface area contributed by atoms with Gasteiger partial charge in [-0.1, -0.05) is 6.07 Å². The molecule has 0 unspecified atom stereocenters. The van der Waals surface area contributed by atoms with E-state index in [1.54, 1.807) is 0 Å². The Morgan fingerprint density at radius 3 is 2.69 bits per heavy atom. The Morgan fingerprint density at radius 2 is 1.97 bits per heavy atom. The van der Waals surface area contributed by atoms with Crippen molar-refractivity contribution < 1.29 is 4.55 Å². The van der Waals surface area contributed by atoms with Gasteiger partial charge in [-0.2, -0.15) is 5.10 Å². The van der Waals surface area contributed by atoms with E-state index in [1.807, 2.05) is 56.7 Å². The first-order valence-electron chi connectivity index (χ1n) is 11.1. The molecule has 1 aliphatic carbocycles. The molecular weight excluding hydrogens is 488 g/mol. The van der Waals surface area contributed by atoms with Crippen molar-refractivity contribution in [3.63, 3.8) is 0 Å². The number of hydrogen-bond donors (Lipinski definition) is 1. The van der Waals surface area contributed by atoms with Crippen LogP contribution in [-0.4, -0.2) is 42.0 Å². The summed E-state index contributed by atoms with van der Waals surface area (Å²) in [6, 6.07) is 6.20. The van der Waals surface area contributed by atoms with Gasteiger partial charge in [-0.15, -0.1) is 4.72 Å². The maximum absolute atomic E-state index is 13.1. The highest BCUT2D eigenvalue weighted by molar-refractivity contribution is 9.10. The maximum Gasteiger partial charge on any atom is 0.155 e. The van der Waals surface area contributed by atoms with Gasteiger partial charge in [0.05, 0.1) is 17.9 Å². The Morgan fingerprint density at radius 1 is 1.22 bits per heavy atom. The van der Waals surface area contributed by atoms with E-state index in [4.69, 9.17) is 4.98 Å². The Bertz CT molecular complexity index is 1150. The van der Waals surface area contributed by atoms with Crippen molar-refractivity contribution in [2.24, 2.45) is 5.41 Å². The van der Waals surface area contributed by atoms with Gasteiger partial charge in [0.1, 0.15) is 14.9 Å². The molecule has 3 aromatic heterocycles. The van der Waals surface area contributed by atoms with Crippen LogP contribution in [0.3, 0.4) is 0 Å². The lowest BCUT2D eigenvalue weighted by Crippen LogP contribution is -2.50. The molecule has 9 heteroatoms. The summed E-state index contributed by atoms with van der Waals surface area (Å²) >= 11 is 2.46. The fourth-order valence-corrected chi connectivity index (χ4v) is 6.32. The molecule has 7 nitrogen and oxygen atoms in total. The Balaban J connectivity index is 1.44. The molecule has 1 aliphatic heterocycles. The van der Waals surface area contributed by atoms with E-state index in [9.17, 15) is 4.55 Å². The quantitative estimate of drug-likeness (QED) is 0.527.